The third-order valence-electron chi connectivity index (χ3n) is 3.28. The number of carbonyl (C=O) groups excluding carboxylic acids is 2. The molecule has 22 heavy (non-hydrogen) atoms. The number of ether oxygens (including phenoxy) is 1. The van der Waals surface area contributed by atoms with E-state index < -0.39 is 0 Å². The largest absolute Gasteiger partial charge is 0.484 e. The van der Waals surface area contributed by atoms with E-state index in [0.29, 0.717) is 17.0 Å². The normalized spacial score (nSPS) is 10.1. The number of rotatable bonds is 6. The highest BCUT2D eigenvalue weighted by Gasteiger charge is 2.10. The van der Waals surface area contributed by atoms with Crippen molar-refractivity contribution in [2.45, 2.75) is 20.3 Å². The number of amides is 1. The molecule has 4 nitrogen and oxygen atoms in total. The molecule has 0 bridgehead atoms. The Bertz CT molecular complexity index is 662. The van der Waals surface area contributed by atoms with Crippen molar-refractivity contribution < 1.29 is 14.3 Å². The number of Topliss-reactive ketones (excluding diaryl/α,β-unsaturated/α-hetero) is 1. The molecule has 1 amide bonds. The maximum atomic E-state index is 11.9. The van der Waals surface area contributed by atoms with E-state index in [1.165, 1.54) is 12.5 Å². The molecule has 0 saturated carbocycles. The zero-order valence-electron chi connectivity index (χ0n) is 12.8. The first-order valence-corrected chi connectivity index (χ1v) is 7.21. The molecule has 0 aliphatic carbocycles. The average molecular weight is 297 g/mol. The van der Waals surface area contributed by atoms with Crippen LogP contribution in [-0.4, -0.2) is 18.3 Å². The van der Waals surface area contributed by atoms with E-state index in [-0.39, 0.29) is 18.3 Å². The third kappa shape index (κ3) is 4.19. The topological polar surface area (TPSA) is 55.4 Å². The number of carbonyl (C=O) groups is 2. The van der Waals surface area contributed by atoms with Gasteiger partial charge in [-0.25, -0.2) is 0 Å². The van der Waals surface area contributed by atoms with Gasteiger partial charge in [0.2, 0.25) is 0 Å². The molecule has 2 aromatic carbocycles. The minimum Gasteiger partial charge on any atom is -0.484 e. The zero-order chi connectivity index (χ0) is 15.9. The van der Waals surface area contributed by atoms with Gasteiger partial charge in [0.1, 0.15) is 5.75 Å². The molecule has 2 aromatic rings. The van der Waals surface area contributed by atoms with Gasteiger partial charge in [-0.1, -0.05) is 31.2 Å². The molecule has 0 fully saturated rings. The second kappa shape index (κ2) is 7.41. The monoisotopic (exact) mass is 297 g/mol. The van der Waals surface area contributed by atoms with E-state index in [1.807, 2.05) is 24.3 Å². The maximum Gasteiger partial charge on any atom is 0.262 e. The lowest BCUT2D eigenvalue weighted by atomic mass is 10.1. The molecular formula is C18H19NO3. The van der Waals surface area contributed by atoms with Crippen LogP contribution in [0.15, 0.2) is 48.5 Å². The SMILES string of the molecule is CCc1ccc(OCC(=O)Nc2ccccc2C(C)=O)cc1. The second-order valence-electron chi connectivity index (χ2n) is 4.94. The van der Waals surface area contributed by atoms with Gasteiger partial charge in [0.25, 0.3) is 5.91 Å². The minimum atomic E-state index is -0.298. The number of hydrogen-bond acceptors (Lipinski definition) is 3. The Labute approximate surface area is 130 Å². The van der Waals surface area contributed by atoms with Crippen LogP contribution in [0.2, 0.25) is 0 Å². The van der Waals surface area contributed by atoms with Crippen LogP contribution in [0.1, 0.15) is 29.8 Å². The first-order chi connectivity index (χ1) is 10.6. The molecule has 0 saturated heterocycles. The predicted molar refractivity (Wildman–Crippen MR) is 86.4 cm³/mol. The highest BCUT2D eigenvalue weighted by molar-refractivity contribution is 6.03. The molecular weight excluding hydrogens is 278 g/mol. The molecule has 1 N–H and O–H groups in total. The summed E-state index contributed by atoms with van der Waals surface area (Å²) in [6.07, 6.45) is 0.961. The summed E-state index contributed by atoms with van der Waals surface area (Å²) in [6, 6.07) is 14.5. The quantitative estimate of drug-likeness (QED) is 0.831. The van der Waals surface area contributed by atoms with Gasteiger partial charge in [0.05, 0.1) is 5.69 Å². The van der Waals surface area contributed by atoms with E-state index in [4.69, 9.17) is 4.74 Å². The fraction of sp³-hybridized carbons (Fsp3) is 0.222. The van der Waals surface area contributed by atoms with Crippen molar-refractivity contribution in [3.63, 3.8) is 0 Å². The van der Waals surface area contributed by atoms with Gasteiger partial charge in [-0.05, 0) is 43.2 Å². The van der Waals surface area contributed by atoms with Crippen LogP contribution >= 0.6 is 0 Å². The van der Waals surface area contributed by atoms with Gasteiger partial charge in [-0.3, -0.25) is 9.59 Å². The molecule has 0 aliphatic heterocycles. The number of anilines is 1. The van der Waals surface area contributed by atoms with Crippen molar-refractivity contribution in [3.05, 3.63) is 59.7 Å². The van der Waals surface area contributed by atoms with Crippen molar-refractivity contribution >= 4 is 17.4 Å². The van der Waals surface area contributed by atoms with Crippen LogP contribution in [0.4, 0.5) is 5.69 Å². The Kier molecular flexibility index (Phi) is 5.31. The predicted octanol–water partition coefficient (Wildman–Crippen LogP) is 3.47. The lowest BCUT2D eigenvalue weighted by molar-refractivity contribution is -0.118. The number of nitrogens with one attached hydrogen (secondary N) is 1. The first-order valence-electron chi connectivity index (χ1n) is 7.21. The number of hydrogen-bond donors (Lipinski definition) is 1. The summed E-state index contributed by atoms with van der Waals surface area (Å²) in [6.45, 7) is 3.45. The molecule has 0 unspecified atom stereocenters. The standard InChI is InChI=1S/C18H19NO3/c1-3-14-8-10-15(11-9-14)22-12-18(21)19-17-7-5-4-6-16(17)13(2)20/h4-11H,3,12H2,1-2H3,(H,19,21). The molecule has 2 rings (SSSR count). The number of para-hydroxylation sites is 1. The summed E-state index contributed by atoms with van der Waals surface area (Å²) in [5.74, 6) is 0.257. The highest BCUT2D eigenvalue weighted by atomic mass is 16.5. The summed E-state index contributed by atoms with van der Waals surface area (Å²) in [4.78, 5) is 23.4. The van der Waals surface area contributed by atoms with Crippen LogP contribution in [-0.2, 0) is 11.2 Å². The van der Waals surface area contributed by atoms with Gasteiger partial charge in [0.15, 0.2) is 12.4 Å². The molecule has 0 aliphatic rings. The summed E-state index contributed by atoms with van der Waals surface area (Å²) in [5.41, 5.74) is 2.21. The molecule has 114 valence electrons. The minimum absolute atomic E-state index is 0.0908. The van der Waals surface area contributed by atoms with Crippen LogP contribution in [0.3, 0.4) is 0 Å². The summed E-state index contributed by atoms with van der Waals surface area (Å²) in [7, 11) is 0. The van der Waals surface area contributed by atoms with Crippen molar-refractivity contribution in [1.82, 2.24) is 0 Å². The lowest BCUT2D eigenvalue weighted by Gasteiger charge is -2.10. The van der Waals surface area contributed by atoms with Gasteiger partial charge >= 0.3 is 0 Å². The van der Waals surface area contributed by atoms with Crippen molar-refractivity contribution in [1.29, 1.82) is 0 Å². The van der Waals surface area contributed by atoms with Gasteiger partial charge in [0, 0.05) is 5.56 Å². The Morgan fingerprint density at radius 1 is 1.05 bits per heavy atom. The van der Waals surface area contributed by atoms with Crippen LogP contribution in [0.5, 0.6) is 5.75 Å². The van der Waals surface area contributed by atoms with Gasteiger partial charge in [-0.2, -0.15) is 0 Å². The van der Waals surface area contributed by atoms with Gasteiger partial charge in [-0.15, -0.1) is 0 Å². The summed E-state index contributed by atoms with van der Waals surface area (Å²) >= 11 is 0. The van der Waals surface area contributed by atoms with E-state index >= 15 is 0 Å². The Balaban J connectivity index is 1.94. The fourth-order valence-electron chi connectivity index (χ4n) is 2.06. The van der Waals surface area contributed by atoms with Crippen molar-refractivity contribution in [2.75, 3.05) is 11.9 Å². The van der Waals surface area contributed by atoms with Gasteiger partial charge < -0.3 is 10.1 Å². The smallest absolute Gasteiger partial charge is 0.262 e. The van der Waals surface area contributed by atoms with Crippen LogP contribution in [0, 0.1) is 0 Å². The molecule has 0 aromatic heterocycles. The number of benzene rings is 2. The first kappa shape index (κ1) is 15.8. The van der Waals surface area contributed by atoms with E-state index in [0.717, 1.165) is 6.42 Å². The second-order valence-corrected chi connectivity index (χ2v) is 4.94. The highest BCUT2D eigenvalue weighted by Crippen LogP contribution is 2.16. The Morgan fingerprint density at radius 3 is 2.36 bits per heavy atom. The number of ketones is 1. The van der Waals surface area contributed by atoms with E-state index in [9.17, 15) is 9.59 Å². The molecule has 4 heteroatoms. The van der Waals surface area contributed by atoms with E-state index in [1.54, 1.807) is 24.3 Å². The lowest BCUT2D eigenvalue weighted by Crippen LogP contribution is -2.21. The molecule has 0 atom stereocenters. The van der Waals surface area contributed by atoms with Crippen LogP contribution in [0.25, 0.3) is 0 Å². The summed E-state index contributed by atoms with van der Waals surface area (Å²) in [5, 5.41) is 2.70. The third-order valence-corrected chi connectivity index (χ3v) is 3.28. The Hall–Kier alpha value is -2.62. The Morgan fingerprint density at radius 2 is 1.73 bits per heavy atom. The van der Waals surface area contributed by atoms with Crippen molar-refractivity contribution in [3.8, 4) is 5.75 Å². The fourth-order valence-corrected chi connectivity index (χ4v) is 2.06. The van der Waals surface area contributed by atoms with Crippen LogP contribution < -0.4 is 10.1 Å². The molecule has 0 spiro atoms. The van der Waals surface area contributed by atoms with E-state index in [2.05, 4.69) is 12.2 Å². The number of aryl methyl sites for hydroxylation is 1. The average Bonchev–Trinajstić information content (AvgIpc) is 2.53. The summed E-state index contributed by atoms with van der Waals surface area (Å²) < 4.78 is 5.44. The molecule has 0 radical (unpaired) electrons. The molecule has 0 heterocycles. The van der Waals surface area contributed by atoms with Crippen molar-refractivity contribution in [2.24, 2.45) is 0 Å². The maximum absolute atomic E-state index is 11.9. The zero-order valence-corrected chi connectivity index (χ0v) is 12.8.